The number of fused-ring (bicyclic) bond motifs is 1. The van der Waals surface area contributed by atoms with E-state index in [-0.39, 0.29) is 12.6 Å². The average Bonchev–Trinajstić information content (AvgIpc) is 3.05. The highest BCUT2D eigenvalue weighted by Gasteiger charge is 2.16. The van der Waals surface area contributed by atoms with E-state index in [1.54, 1.807) is 6.07 Å². The summed E-state index contributed by atoms with van der Waals surface area (Å²) < 4.78 is 11.7. The second-order valence-electron chi connectivity index (χ2n) is 6.77. The van der Waals surface area contributed by atoms with Crippen LogP contribution in [0.25, 0.3) is 22.2 Å². The number of pyridine rings is 1. The highest BCUT2D eigenvalue weighted by molar-refractivity contribution is 9.10. The van der Waals surface area contributed by atoms with Gasteiger partial charge in [0.1, 0.15) is 5.76 Å². The summed E-state index contributed by atoms with van der Waals surface area (Å²) in [7, 11) is 0. The molecule has 0 unspecified atom stereocenters. The molecule has 5 nitrogen and oxygen atoms in total. The van der Waals surface area contributed by atoms with Gasteiger partial charge in [0, 0.05) is 27.4 Å². The van der Waals surface area contributed by atoms with Crippen molar-refractivity contribution in [1.82, 2.24) is 10.1 Å². The fraction of sp³-hybridized carbons (Fsp3) is 0.174. The van der Waals surface area contributed by atoms with Gasteiger partial charge in [-0.15, -0.1) is 0 Å². The number of para-hydroxylation sites is 1. The Morgan fingerprint density at radius 1 is 1.10 bits per heavy atom. The monoisotopic (exact) mass is 450 g/mol. The quantitative estimate of drug-likeness (QED) is 0.366. The number of carbonyl (C=O) groups excluding carboxylic acids is 1. The fourth-order valence-corrected chi connectivity index (χ4v) is 3.56. The van der Waals surface area contributed by atoms with Crippen LogP contribution in [0.15, 0.2) is 63.6 Å². The molecule has 0 N–H and O–H groups in total. The van der Waals surface area contributed by atoms with Crippen molar-refractivity contribution in [3.8, 4) is 11.3 Å². The first-order valence-electron chi connectivity index (χ1n) is 9.27. The van der Waals surface area contributed by atoms with Gasteiger partial charge in [0.25, 0.3) is 0 Å². The molecule has 0 saturated heterocycles. The van der Waals surface area contributed by atoms with E-state index in [0.29, 0.717) is 12.0 Å². The second kappa shape index (κ2) is 8.17. The maximum Gasteiger partial charge on any atom is 0.338 e. The summed E-state index contributed by atoms with van der Waals surface area (Å²) >= 11 is 3.44. The number of carbonyl (C=O) groups is 1. The number of aromatic nitrogens is 2. The SMILES string of the molecule is Cc1noc(C)c1CCOC(=O)c1cc(-c2ccc(Br)cc2)nc2ccccc12. The second-order valence-corrected chi connectivity index (χ2v) is 7.68. The summed E-state index contributed by atoms with van der Waals surface area (Å²) in [4.78, 5) is 17.6. The standard InChI is InChI=1S/C23H19BrN2O3/c1-14-18(15(2)29-26-14)11-12-28-23(27)20-13-22(16-7-9-17(24)10-8-16)25-21-6-4-3-5-19(20)21/h3-10,13H,11-12H2,1-2H3. The number of aryl methyl sites for hydroxylation is 2. The normalized spacial score (nSPS) is 11.0. The third-order valence-electron chi connectivity index (χ3n) is 4.84. The average molecular weight is 451 g/mol. The van der Waals surface area contributed by atoms with Crippen LogP contribution in [0, 0.1) is 13.8 Å². The van der Waals surface area contributed by atoms with E-state index >= 15 is 0 Å². The lowest BCUT2D eigenvalue weighted by atomic mass is 10.0. The van der Waals surface area contributed by atoms with E-state index in [1.807, 2.05) is 62.4 Å². The number of benzene rings is 2. The summed E-state index contributed by atoms with van der Waals surface area (Å²) in [5.74, 6) is 0.388. The first-order chi connectivity index (χ1) is 14.0. The van der Waals surface area contributed by atoms with Crippen LogP contribution in [0.5, 0.6) is 0 Å². The molecule has 0 bridgehead atoms. The zero-order chi connectivity index (χ0) is 20.4. The van der Waals surface area contributed by atoms with Crippen LogP contribution in [0.1, 0.15) is 27.4 Å². The maximum absolute atomic E-state index is 12.9. The van der Waals surface area contributed by atoms with Gasteiger partial charge >= 0.3 is 5.97 Å². The highest BCUT2D eigenvalue weighted by Crippen LogP contribution is 2.26. The van der Waals surface area contributed by atoms with Crippen LogP contribution in [0.4, 0.5) is 0 Å². The van der Waals surface area contributed by atoms with Crippen molar-refractivity contribution in [2.24, 2.45) is 0 Å². The van der Waals surface area contributed by atoms with Crippen LogP contribution < -0.4 is 0 Å². The number of nitrogens with zero attached hydrogens (tertiary/aromatic N) is 2. The van der Waals surface area contributed by atoms with Crippen LogP contribution in [0.3, 0.4) is 0 Å². The first-order valence-corrected chi connectivity index (χ1v) is 10.1. The molecule has 0 aliphatic rings. The Hall–Kier alpha value is -2.99. The molecule has 0 aliphatic carbocycles. The largest absolute Gasteiger partial charge is 0.462 e. The Balaban J connectivity index is 1.63. The molecule has 2 aromatic heterocycles. The van der Waals surface area contributed by atoms with Crippen LogP contribution in [-0.4, -0.2) is 22.7 Å². The van der Waals surface area contributed by atoms with Gasteiger partial charge in [0.15, 0.2) is 0 Å². The van der Waals surface area contributed by atoms with Gasteiger partial charge in [-0.1, -0.05) is 51.4 Å². The summed E-state index contributed by atoms with van der Waals surface area (Å²) in [6, 6.07) is 17.2. The van der Waals surface area contributed by atoms with Gasteiger partial charge < -0.3 is 9.26 Å². The molecule has 6 heteroatoms. The molecule has 4 aromatic rings. The minimum absolute atomic E-state index is 0.256. The number of hydrogen-bond acceptors (Lipinski definition) is 5. The molecule has 0 spiro atoms. The van der Waals surface area contributed by atoms with Crippen molar-refractivity contribution in [2.75, 3.05) is 6.61 Å². The molecule has 0 saturated carbocycles. The Labute approximate surface area is 176 Å². The van der Waals surface area contributed by atoms with Gasteiger partial charge in [-0.3, -0.25) is 0 Å². The Morgan fingerprint density at radius 2 is 1.86 bits per heavy atom. The molecule has 0 fully saturated rings. The van der Waals surface area contributed by atoms with E-state index in [2.05, 4.69) is 21.1 Å². The summed E-state index contributed by atoms with van der Waals surface area (Å²) in [6.07, 6.45) is 0.565. The Kier molecular flexibility index (Phi) is 5.45. The number of hydrogen-bond donors (Lipinski definition) is 0. The van der Waals surface area contributed by atoms with Crippen LogP contribution in [-0.2, 0) is 11.2 Å². The van der Waals surface area contributed by atoms with Crippen LogP contribution >= 0.6 is 15.9 Å². The maximum atomic E-state index is 12.9. The molecule has 29 heavy (non-hydrogen) atoms. The van der Waals surface area contributed by atoms with Crippen molar-refractivity contribution in [3.63, 3.8) is 0 Å². The Morgan fingerprint density at radius 3 is 2.59 bits per heavy atom. The topological polar surface area (TPSA) is 65.2 Å². The minimum Gasteiger partial charge on any atom is -0.462 e. The smallest absolute Gasteiger partial charge is 0.338 e. The van der Waals surface area contributed by atoms with Crippen molar-refractivity contribution in [1.29, 1.82) is 0 Å². The molecule has 146 valence electrons. The summed E-state index contributed by atoms with van der Waals surface area (Å²) in [6.45, 7) is 4.00. The minimum atomic E-state index is -0.367. The van der Waals surface area contributed by atoms with Crippen molar-refractivity contribution in [2.45, 2.75) is 20.3 Å². The van der Waals surface area contributed by atoms with Crippen molar-refractivity contribution < 1.29 is 14.1 Å². The van der Waals surface area contributed by atoms with Gasteiger partial charge in [-0.2, -0.15) is 0 Å². The number of ether oxygens (including phenoxy) is 1. The molecule has 2 aromatic carbocycles. The molecule has 0 amide bonds. The molecular weight excluding hydrogens is 432 g/mol. The third-order valence-corrected chi connectivity index (χ3v) is 5.37. The molecule has 2 heterocycles. The van der Waals surface area contributed by atoms with E-state index < -0.39 is 0 Å². The van der Waals surface area contributed by atoms with Crippen LogP contribution in [0.2, 0.25) is 0 Å². The molecule has 0 radical (unpaired) electrons. The molecule has 4 rings (SSSR count). The molecular formula is C23H19BrN2O3. The number of halogens is 1. The Bertz CT molecular complexity index is 1160. The van der Waals surface area contributed by atoms with Gasteiger partial charge in [-0.25, -0.2) is 9.78 Å². The lowest BCUT2D eigenvalue weighted by molar-refractivity contribution is 0.0511. The van der Waals surface area contributed by atoms with E-state index in [0.717, 1.165) is 43.7 Å². The highest BCUT2D eigenvalue weighted by atomic mass is 79.9. The lowest BCUT2D eigenvalue weighted by Crippen LogP contribution is -2.10. The third kappa shape index (κ3) is 4.07. The van der Waals surface area contributed by atoms with Crippen molar-refractivity contribution >= 4 is 32.8 Å². The van der Waals surface area contributed by atoms with Crippen molar-refractivity contribution in [3.05, 3.63) is 81.7 Å². The van der Waals surface area contributed by atoms with Gasteiger partial charge in [0.2, 0.25) is 0 Å². The number of esters is 1. The van der Waals surface area contributed by atoms with E-state index in [9.17, 15) is 4.79 Å². The predicted octanol–water partition coefficient (Wildman–Crippen LogP) is 5.67. The fourth-order valence-electron chi connectivity index (χ4n) is 3.30. The molecule has 0 atom stereocenters. The van der Waals surface area contributed by atoms with Gasteiger partial charge in [-0.05, 0) is 38.1 Å². The zero-order valence-corrected chi connectivity index (χ0v) is 17.7. The summed E-state index contributed by atoms with van der Waals surface area (Å²) in [5.41, 5.74) is 4.73. The molecule has 0 aliphatic heterocycles. The van der Waals surface area contributed by atoms with Gasteiger partial charge in [0.05, 0.1) is 29.1 Å². The van der Waals surface area contributed by atoms with E-state index in [4.69, 9.17) is 14.2 Å². The predicted molar refractivity (Wildman–Crippen MR) is 115 cm³/mol. The zero-order valence-electron chi connectivity index (χ0n) is 16.1. The lowest BCUT2D eigenvalue weighted by Gasteiger charge is -2.10. The van der Waals surface area contributed by atoms with E-state index in [1.165, 1.54) is 0 Å². The first kappa shape index (κ1) is 19.3. The summed E-state index contributed by atoms with van der Waals surface area (Å²) in [5, 5.41) is 4.71. The number of rotatable bonds is 5.